The minimum absolute atomic E-state index is 0.498. The molecule has 3 heterocycles. The van der Waals surface area contributed by atoms with E-state index >= 15 is 0 Å². The third kappa shape index (κ3) is 2.70. The Morgan fingerprint density at radius 3 is 3.05 bits per heavy atom. The minimum Gasteiger partial charge on any atom is -0.348 e. The Morgan fingerprint density at radius 1 is 1.32 bits per heavy atom. The second kappa shape index (κ2) is 5.88. The van der Waals surface area contributed by atoms with E-state index in [2.05, 4.69) is 31.8 Å². The smallest absolute Gasteiger partial charge is 0.106 e. The van der Waals surface area contributed by atoms with Gasteiger partial charge < -0.3 is 9.97 Å². The van der Waals surface area contributed by atoms with Crippen molar-refractivity contribution in [2.75, 3.05) is 6.54 Å². The SMILES string of the molecule is CCCCc1ncc(CN2CCc3[nH]cnc3[C@H]2C2CC2)[nH]1. The van der Waals surface area contributed by atoms with Crippen molar-refractivity contribution in [2.45, 2.75) is 58.0 Å². The molecule has 0 saturated heterocycles. The summed E-state index contributed by atoms with van der Waals surface area (Å²) in [5.74, 6) is 1.93. The van der Waals surface area contributed by atoms with Gasteiger partial charge in [0.05, 0.1) is 18.1 Å². The van der Waals surface area contributed by atoms with E-state index in [4.69, 9.17) is 0 Å². The number of unbranched alkanes of at least 4 members (excludes halogenated alkanes) is 1. The van der Waals surface area contributed by atoms with Crippen LogP contribution in [0.2, 0.25) is 0 Å². The van der Waals surface area contributed by atoms with Gasteiger partial charge in [-0.1, -0.05) is 13.3 Å². The number of H-pyrrole nitrogens is 2. The van der Waals surface area contributed by atoms with Crippen molar-refractivity contribution in [2.24, 2.45) is 5.92 Å². The normalized spacial score (nSPS) is 22.0. The molecule has 1 fully saturated rings. The van der Waals surface area contributed by atoms with Crippen molar-refractivity contribution in [3.05, 3.63) is 35.4 Å². The third-order valence-electron chi connectivity index (χ3n) is 4.96. The molecular formula is C17H25N5. The van der Waals surface area contributed by atoms with E-state index in [9.17, 15) is 0 Å². The van der Waals surface area contributed by atoms with Crippen molar-refractivity contribution in [1.82, 2.24) is 24.8 Å². The largest absolute Gasteiger partial charge is 0.348 e. The van der Waals surface area contributed by atoms with E-state index in [0.717, 1.165) is 37.7 Å². The molecule has 1 aliphatic heterocycles. The number of imidazole rings is 2. The molecule has 0 radical (unpaired) electrons. The summed E-state index contributed by atoms with van der Waals surface area (Å²) in [6.07, 6.45) is 11.1. The van der Waals surface area contributed by atoms with Gasteiger partial charge in [0.2, 0.25) is 0 Å². The highest BCUT2D eigenvalue weighted by molar-refractivity contribution is 5.22. The molecule has 5 heteroatoms. The van der Waals surface area contributed by atoms with Gasteiger partial charge in [-0.25, -0.2) is 9.97 Å². The molecule has 1 saturated carbocycles. The molecule has 1 atom stereocenters. The molecule has 5 nitrogen and oxygen atoms in total. The molecule has 2 aromatic heterocycles. The van der Waals surface area contributed by atoms with Gasteiger partial charge >= 0.3 is 0 Å². The lowest BCUT2D eigenvalue weighted by atomic mass is 9.98. The Kier molecular flexibility index (Phi) is 3.74. The Labute approximate surface area is 131 Å². The zero-order chi connectivity index (χ0) is 14.9. The number of aromatic nitrogens is 4. The predicted molar refractivity (Wildman–Crippen MR) is 85.4 cm³/mol. The van der Waals surface area contributed by atoms with Crippen LogP contribution in [0.3, 0.4) is 0 Å². The summed E-state index contributed by atoms with van der Waals surface area (Å²) in [4.78, 5) is 18.6. The van der Waals surface area contributed by atoms with Crippen molar-refractivity contribution in [3.63, 3.8) is 0 Å². The van der Waals surface area contributed by atoms with Crippen LogP contribution >= 0.6 is 0 Å². The molecule has 0 spiro atoms. The van der Waals surface area contributed by atoms with E-state index in [1.165, 1.54) is 42.8 Å². The predicted octanol–water partition coefficient (Wildman–Crippen LogP) is 2.98. The van der Waals surface area contributed by atoms with E-state index in [1.54, 1.807) is 0 Å². The maximum Gasteiger partial charge on any atom is 0.106 e. The number of aryl methyl sites for hydroxylation is 1. The zero-order valence-corrected chi connectivity index (χ0v) is 13.3. The quantitative estimate of drug-likeness (QED) is 0.862. The van der Waals surface area contributed by atoms with Crippen LogP contribution in [0.25, 0.3) is 0 Å². The van der Waals surface area contributed by atoms with Gasteiger partial charge in [-0.2, -0.15) is 0 Å². The van der Waals surface area contributed by atoms with Crippen molar-refractivity contribution >= 4 is 0 Å². The van der Waals surface area contributed by atoms with Gasteiger partial charge in [0, 0.05) is 43.5 Å². The van der Waals surface area contributed by atoms with E-state index < -0.39 is 0 Å². The number of hydrogen-bond acceptors (Lipinski definition) is 3. The number of nitrogens with zero attached hydrogens (tertiary/aromatic N) is 3. The summed E-state index contributed by atoms with van der Waals surface area (Å²) in [5.41, 5.74) is 3.89. The van der Waals surface area contributed by atoms with Crippen LogP contribution in [0.15, 0.2) is 12.5 Å². The van der Waals surface area contributed by atoms with Gasteiger partial charge in [-0.15, -0.1) is 0 Å². The van der Waals surface area contributed by atoms with Crippen molar-refractivity contribution in [1.29, 1.82) is 0 Å². The number of nitrogens with one attached hydrogen (secondary N) is 2. The molecule has 0 bridgehead atoms. The van der Waals surface area contributed by atoms with Crippen LogP contribution in [-0.2, 0) is 19.4 Å². The fraction of sp³-hybridized carbons (Fsp3) is 0.647. The Balaban J connectivity index is 1.49. The summed E-state index contributed by atoms with van der Waals surface area (Å²) in [6, 6.07) is 0.498. The van der Waals surface area contributed by atoms with E-state index in [0.29, 0.717) is 6.04 Å². The lowest BCUT2D eigenvalue weighted by Gasteiger charge is -2.34. The highest BCUT2D eigenvalue weighted by atomic mass is 15.2. The second-order valence-corrected chi connectivity index (χ2v) is 6.73. The Hall–Kier alpha value is -1.62. The first-order chi connectivity index (χ1) is 10.8. The second-order valence-electron chi connectivity index (χ2n) is 6.73. The lowest BCUT2D eigenvalue weighted by molar-refractivity contribution is 0.151. The highest BCUT2D eigenvalue weighted by Crippen LogP contribution is 2.46. The van der Waals surface area contributed by atoms with Crippen LogP contribution in [0.5, 0.6) is 0 Å². The van der Waals surface area contributed by atoms with Gasteiger partial charge in [-0.05, 0) is 25.2 Å². The standard InChI is InChI=1S/C17H25N5/c1-2-3-4-15-18-9-13(21-15)10-22-8-7-14-16(20-11-19-14)17(22)12-5-6-12/h9,11-12,17H,2-8,10H2,1H3,(H,18,21)(H,19,20)/t17-/m1/s1. The molecule has 0 unspecified atom stereocenters. The molecule has 2 aliphatic rings. The summed E-state index contributed by atoms with van der Waals surface area (Å²) in [6.45, 7) is 4.30. The first-order valence-corrected chi connectivity index (χ1v) is 8.64. The monoisotopic (exact) mass is 299 g/mol. The summed E-state index contributed by atoms with van der Waals surface area (Å²) < 4.78 is 0. The minimum atomic E-state index is 0.498. The fourth-order valence-corrected chi connectivity index (χ4v) is 3.64. The third-order valence-corrected chi connectivity index (χ3v) is 4.96. The zero-order valence-electron chi connectivity index (χ0n) is 13.3. The van der Waals surface area contributed by atoms with Crippen LogP contribution in [0.1, 0.15) is 61.6 Å². The molecule has 2 N–H and O–H groups in total. The highest BCUT2D eigenvalue weighted by Gasteiger charge is 2.40. The van der Waals surface area contributed by atoms with Crippen LogP contribution in [-0.4, -0.2) is 31.4 Å². The number of hydrogen-bond donors (Lipinski definition) is 2. The molecule has 0 amide bonds. The van der Waals surface area contributed by atoms with Crippen molar-refractivity contribution in [3.8, 4) is 0 Å². The summed E-state index contributed by atoms with van der Waals surface area (Å²) in [7, 11) is 0. The van der Waals surface area contributed by atoms with Crippen molar-refractivity contribution < 1.29 is 0 Å². The van der Waals surface area contributed by atoms with Crippen LogP contribution < -0.4 is 0 Å². The Bertz CT molecular complexity index is 625. The maximum absolute atomic E-state index is 4.61. The molecule has 0 aromatic carbocycles. The topological polar surface area (TPSA) is 60.6 Å². The van der Waals surface area contributed by atoms with Gasteiger partial charge in [0.1, 0.15) is 5.82 Å². The van der Waals surface area contributed by atoms with Crippen LogP contribution in [0, 0.1) is 5.92 Å². The molecule has 118 valence electrons. The number of fused-ring (bicyclic) bond motifs is 1. The average molecular weight is 299 g/mol. The van der Waals surface area contributed by atoms with Crippen LogP contribution in [0.4, 0.5) is 0 Å². The number of aromatic amines is 2. The molecular weight excluding hydrogens is 274 g/mol. The van der Waals surface area contributed by atoms with E-state index in [1.807, 2.05) is 12.5 Å². The van der Waals surface area contributed by atoms with Gasteiger partial charge in [-0.3, -0.25) is 4.90 Å². The molecule has 2 aromatic rings. The lowest BCUT2D eigenvalue weighted by Crippen LogP contribution is -2.36. The summed E-state index contributed by atoms with van der Waals surface area (Å²) >= 11 is 0. The maximum atomic E-state index is 4.61. The van der Waals surface area contributed by atoms with Gasteiger partial charge in [0.15, 0.2) is 0 Å². The number of rotatable bonds is 6. The fourth-order valence-electron chi connectivity index (χ4n) is 3.64. The van der Waals surface area contributed by atoms with E-state index in [-0.39, 0.29) is 0 Å². The summed E-state index contributed by atoms with van der Waals surface area (Å²) in [5, 5.41) is 0. The first-order valence-electron chi connectivity index (χ1n) is 8.64. The average Bonchev–Trinajstić information content (AvgIpc) is 3.08. The Morgan fingerprint density at radius 2 is 2.23 bits per heavy atom. The molecule has 4 rings (SSSR count). The molecule has 22 heavy (non-hydrogen) atoms. The van der Waals surface area contributed by atoms with Gasteiger partial charge in [0.25, 0.3) is 0 Å². The molecule has 1 aliphatic carbocycles. The first kappa shape index (κ1) is 14.0.